The number of H-pyrrole nitrogens is 1. The number of aromatic hydroxyl groups is 1. The molecule has 3 N–H and O–H groups in total. The van der Waals surface area contributed by atoms with Crippen molar-refractivity contribution in [3.8, 4) is 28.8 Å². The molecule has 1 atom stereocenters. The Morgan fingerprint density at radius 3 is 2.36 bits per heavy atom. The van der Waals surface area contributed by atoms with Crippen LogP contribution < -0.4 is 30.9 Å². The van der Waals surface area contributed by atoms with Crippen LogP contribution in [0.2, 0.25) is 5.02 Å². The lowest BCUT2D eigenvalue weighted by Crippen LogP contribution is -2.33. The summed E-state index contributed by atoms with van der Waals surface area (Å²) in [6.45, 7) is 0. The summed E-state index contributed by atoms with van der Waals surface area (Å²) < 4.78 is 17.3. The number of hydrogen-bond donors (Lipinski definition) is 3. The standard InChI is InChI=1S/C22H21ClN4O6/c1-31-16-9-8-13(18(32-2)19(16)33-3)14-10-15(26-25-14)17-20(28)24-22(30)27(21(17)29)12-6-4-11(23)5-7-12/h4-9,14,25,29H,10H2,1-3H3,(H,24,28,30)/t14-/m1/s1. The molecule has 0 spiro atoms. The number of benzene rings is 2. The van der Waals surface area contributed by atoms with Crippen LogP contribution in [0.5, 0.6) is 23.1 Å². The van der Waals surface area contributed by atoms with Gasteiger partial charge in [0.2, 0.25) is 11.6 Å². The molecule has 0 saturated carbocycles. The van der Waals surface area contributed by atoms with Gasteiger partial charge in [0.25, 0.3) is 5.56 Å². The van der Waals surface area contributed by atoms with Crippen LogP contribution in [-0.2, 0) is 0 Å². The van der Waals surface area contributed by atoms with Crippen LogP contribution in [0.15, 0.2) is 51.1 Å². The SMILES string of the molecule is COc1ccc([C@H]2CC(c3c(O)n(-c4ccc(Cl)cc4)c(=O)[nH]c3=O)=NN2)c(OC)c1OC. The molecule has 2 aromatic carbocycles. The first kappa shape index (κ1) is 22.3. The zero-order valence-electron chi connectivity index (χ0n) is 18.0. The van der Waals surface area contributed by atoms with Crippen molar-refractivity contribution in [2.45, 2.75) is 12.5 Å². The third-order valence-electron chi connectivity index (χ3n) is 5.32. The van der Waals surface area contributed by atoms with E-state index >= 15 is 0 Å². The summed E-state index contributed by atoms with van der Waals surface area (Å²) in [7, 11) is 4.54. The molecule has 1 aromatic heterocycles. The lowest BCUT2D eigenvalue weighted by atomic mass is 9.98. The van der Waals surface area contributed by atoms with Crippen molar-refractivity contribution in [3.63, 3.8) is 0 Å². The molecule has 0 bridgehead atoms. The minimum Gasteiger partial charge on any atom is -0.493 e. The largest absolute Gasteiger partial charge is 0.493 e. The minimum absolute atomic E-state index is 0.112. The topological polar surface area (TPSA) is 127 Å². The number of hydrogen-bond acceptors (Lipinski definition) is 8. The van der Waals surface area contributed by atoms with Crippen molar-refractivity contribution in [2.75, 3.05) is 21.3 Å². The van der Waals surface area contributed by atoms with Gasteiger partial charge in [0, 0.05) is 17.0 Å². The Morgan fingerprint density at radius 1 is 1.03 bits per heavy atom. The van der Waals surface area contributed by atoms with Crippen molar-refractivity contribution in [2.24, 2.45) is 5.10 Å². The summed E-state index contributed by atoms with van der Waals surface area (Å²) in [6.07, 6.45) is 0.237. The van der Waals surface area contributed by atoms with Crippen LogP contribution in [0.4, 0.5) is 0 Å². The van der Waals surface area contributed by atoms with Crippen LogP contribution in [0.25, 0.3) is 5.69 Å². The Labute approximate surface area is 193 Å². The van der Waals surface area contributed by atoms with E-state index in [1.165, 1.54) is 21.3 Å². The molecule has 0 aliphatic carbocycles. The summed E-state index contributed by atoms with van der Waals surface area (Å²) in [5.41, 5.74) is 2.65. The van der Waals surface area contributed by atoms with E-state index in [1.54, 1.807) is 36.4 Å². The number of aromatic amines is 1. The fraction of sp³-hybridized carbons (Fsp3) is 0.227. The Balaban J connectivity index is 1.74. The fourth-order valence-corrected chi connectivity index (χ4v) is 3.92. The molecule has 1 aliphatic heterocycles. The van der Waals surface area contributed by atoms with E-state index in [4.69, 9.17) is 25.8 Å². The van der Waals surface area contributed by atoms with Crippen LogP contribution in [0.1, 0.15) is 23.6 Å². The highest BCUT2D eigenvalue weighted by Crippen LogP contribution is 2.43. The molecule has 0 radical (unpaired) electrons. The van der Waals surface area contributed by atoms with Crippen LogP contribution in [0, 0.1) is 0 Å². The highest BCUT2D eigenvalue weighted by atomic mass is 35.5. The van der Waals surface area contributed by atoms with Gasteiger partial charge in [-0.25, -0.2) is 9.36 Å². The highest BCUT2D eigenvalue weighted by molar-refractivity contribution is 6.30. The highest BCUT2D eigenvalue weighted by Gasteiger charge is 2.30. The Hall–Kier alpha value is -3.92. The summed E-state index contributed by atoms with van der Waals surface area (Å²) >= 11 is 5.92. The molecule has 2 heterocycles. The Morgan fingerprint density at radius 2 is 1.73 bits per heavy atom. The summed E-state index contributed by atoms with van der Waals surface area (Å²) in [6, 6.07) is 9.40. The second kappa shape index (κ2) is 8.91. The lowest BCUT2D eigenvalue weighted by Gasteiger charge is -2.19. The molecule has 33 heavy (non-hydrogen) atoms. The number of ether oxygens (including phenoxy) is 3. The van der Waals surface area contributed by atoms with E-state index in [1.807, 2.05) is 0 Å². The molecule has 0 saturated heterocycles. The van der Waals surface area contributed by atoms with Crippen molar-refractivity contribution in [1.29, 1.82) is 0 Å². The Kier molecular flexibility index (Phi) is 6.01. The molecule has 4 rings (SSSR count). The molecule has 0 amide bonds. The number of aromatic nitrogens is 2. The fourth-order valence-electron chi connectivity index (χ4n) is 3.79. The average Bonchev–Trinajstić information content (AvgIpc) is 3.28. The molecule has 1 aliphatic rings. The van der Waals surface area contributed by atoms with E-state index in [0.717, 1.165) is 10.1 Å². The van der Waals surface area contributed by atoms with Crippen molar-refractivity contribution in [1.82, 2.24) is 15.0 Å². The Bertz CT molecular complexity index is 1350. The first-order chi connectivity index (χ1) is 15.9. The van der Waals surface area contributed by atoms with Gasteiger partial charge in [0.15, 0.2) is 11.5 Å². The number of halogens is 1. The lowest BCUT2D eigenvalue weighted by molar-refractivity contribution is 0.320. The predicted molar refractivity (Wildman–Crippen MR) is 122 cm³/mol. The summed E-state index contributed by atoms with van der Waals surface area (Å²) in [4.78, 5) is 27.3. The van der Waals surface area contributed by atoms with Gasteiger partial charge >= 0.3 is 5.69 Å². The molecule has 3 aromatic rings. The quantitative estimate of drug-likeness (QED) is 0.502. The molecule has 0 fully saturated rings. The zero-order chi connectivity index (χ0) is 23.7. The van der Waals surface area contributed by atoms with E-state index in [0.29, 0.717) is 28.0 Å². The minimum atomic E-state index is -0.784. The molecule has 0 unspecified atom stereocenters. The third-order valence-corrected chi connectivity index (χ3v) is 5.57. The van der Waals surface area contributed by atoms with Gasteiger partial charge in [0.05, 0.1) is 38.8 Å². The zero-order valence-corrected chi connectivity index (χ0v) is 18.8. The molecule has 11 heteroatoms. The smallest absolute Gasteiger partial charge is 0.335 e. The second-order valence-electron chi connectivity index (χ2n) is 7.14. The average molecular weight is 473 g/mol. The van der Waals surface area contributed by atoms with Crippen molar-refractivity contribution < 1.29 is 19.3 Å². The van der Waals surface area contributed by atoms with Crippen LogP contribution in [0.3, 0.4) is 0 Å². The first-order valence-corrected chi connectivity index (χ1v) is 10.2. The molecule has 172 valence electrons. The van der Waals surface area contributed by atoms with Gasteiger partial charge in [-0.2, -0.15) is 5.10 Å². The maximum Gasteiger partial charge on any atom is 0.335 e. The number of rotatable bonds is 6. The van der Waals surface area contributed by atoms with Gasteiger partial charge in [-0.15, -0.1) is 0 Å². The predicted octanol–water partition coefficient (Wildman–Crippen LogP) is 2.35. The van der Waals surface area contributed by atoms with Crippen LogP contribution in [-0.4, -0.2) is 41.7 Å². The third kappa shape index (κ3) is 3.89. The molecular weight excluding hydrogens is 452 g/mol. The molecular formula is C22H21ClN4O6. The monoisotopic (exact) mass is 472 g/mol. The van der Waals surface area contributed by atoms with E-state index < -0.39 is 17.1 Å². The van der Waals surface area contributed by atoms with Crippen LogP contribution >= 0.6 is 11.6 Å². The van der Waals surface area contributed by atoms with E-state index in [-0.39, 0.29) is 23.7 Å². The van der Waals surface area contributed by atoms with E-state index in [9.17, 15) is 14.7 Å². The molecule has 10 nitrogen and oxygen atoms in total. The number of nitrogens with zero attached hydrogens (tertiary/aromatic N) is 2. The number of methoxy groups -OCH3 is 3. The number of hydrazone groups is 1. The van der Waals surface area contributed by atoms with Crippen molar-refractivity contribution in [3.05, 3.63) is 73.4 Å². The van der Waals surface area contributed by atoms with Gasteiger partial charge in [-0.1, -0.05) is 11.6 Å². The normalized spacial score (nSPS) is 15.0. The first-order valence-electron chi connectivity index (χ1n) is 9.85. The maximum absolute atomic E-state index is 12.6. The van der Waals surface area contributed by atoms with E-state index in [2.05, 4.69) is 15.5 Å². The summed E-state index contributed by atoms with van der Waals surface area (Å²) in [5, 5.41) is 15.6. The summed E-state index contributed by atoms with van der Waals surface area (Å²) in [5.74, 6) is 0.854. The van der Waals surface area contributed by atoms with Crippen molar-refractivity contribution >= 4 is 17.3 Å². The number of nitrogens with one attached hydrogen (secondary N) is 2. The maximum atomic E-state index is 12.6. The van der Waals surface area contributed by atoms with Gasteiger partial charge < -0.3 is 24.7 Å². The van der Waals surface area contributed by atoms with Gasteiger partial charge in [0.1, 0.15) is 5.56 Å². The van der Waals surface area contributed by atoms with Gasteiger partial charge in [-0.3, -0.25) is 9.78 Å². The second-order valence-corrected chi connectivity index (χ2v) is 7.57. The van der Waals surface area contributed by atoms with Gasteiger partial charge in [-0.05, 0) is 36.4 Å².